The van der Waals surface area contributed by atoms with Gasteiger partial charge in [-0.05, 0) is 37.3 Å². The molecule has 27 heavy (non-hydrogen) atoms. The summed E-state index contributed by atoms with van der Waals surface area (Å²) in [6, 6.07) is 11.4. The summed E-state index contributed by atoms with van der Waals surface area (Å²) >= 11 is 6.08. The maximum Gasteiger partial charge on any atom is 0.262 e. The molecule has 0 atom stereocenters. The summed E-state index contributed by atoms with van der Waals surface area (Å²) in [4.78, 5) is 12.0. The molecule has 0 aromatic heterocycles. The van der Waals surface area contributed by atoms with Crippen LogP contribution in [0.15, 0.2) is 47.4 Å². The molecule has 2 aromatic carbocycles. The first-order valence-electron chi connectivity index (χ1n) is 8.09. The third-order valence-corrected chi connectivity index (χ3v) is 5.26. The van der Waals surface area contributed by atoms with Gasteiger partial charge in [-0.1, -0.05) is 29.3 Å². The number of halogens is 1. The number of anilines is 1. The second kappa shape index (κ2) is 9.70. The summed E-state index contributed by atoms with van der Waals surface area (Å²) in [7, 11) is -2.22. The minimum atomic E-state index is -3.70. The zero-order valence-electron chi connectivity index (χ0n) is 15.0. The van der Waals surface area contributed by atoms with Crippen molar-refractivity contribution in [2.24, 2.45) is 0 Å². The first-order valence-corrected chi connectivity index (χ1v) is 9.95. The predicted molar refractivity (Wildman–Crippen MR) is 104 cm³/mol. The SMILES string of the molecule is COCCNS(=O)(=O)c1ccc(OCC(=O)Nc2ccc(C)cc2)c(Cl)c1. The minimum absolute atomic E-state index is 0.0000555. The number of ether oxygens (including phenoxy) is 2. The summed E-state index contributed by atoms with van der Waals surface area (Å²) in [6.45, 7) is 2.09. The fourth-order valence-corrected chi connectivity index (χ4v) is 3.44. The van der Waals surface area contributed by atoms with Gasteiger partial charge in [0.25, 0.3) is 5.91 Å². The second-order valence-corrected chi connectivity index (χ2v) is 7.86. The van der Waals surface area contributed by atoms with Crippen LogP contribution in [0.2, 0.25) is 5.02 Å². The number of nitrogens with one attached hydrogen (secondary N) is 2. The van der Waals surface area contributed by atoms with Gasteiger partial charge in [-0.15, -0.1) is 0 Å². The van der Waals surface area contributed by atoms with E-state index in [2.05, 4.69) is 10.0 Å². The van der Waals surface area contributed by atoms with E-state index < -0.39 is 10.0 Å². The topological polar surface area (TPSA) is 93.7 Å². The molecule has 9 heteroatoms. The van der Waals surface area contributed by atoms with Crippen LogP contribution >= 0.6 is 11.6 Å². The molecule has 0 saturated carbocycles. The first-order chi connectivity index (χ1) is 12.8. The molecular weight excluding hydrogens is 392 g/mol. The molecule has 2 aromatic rings. The lowest BCUT2D eigenvalue weighted by Crippen LogP contribution is -2.27. The van der Waals surface area contributed by atoms with Crippen molar-refractivity contribution < 1.29 is 22.7 Å². The van der Waals surface area contributed by atoms with Crippen molar-refractivity contribution in [3.05, 3.63) is 53.1 Å². The van der Waals surface area contributed by atoms with E-state index in [0.29, 0.717) is 5.69 Å². The van der Waals surface area contributed by atoms with E-state index in [0.717, 1.165) is 5.56 Å². The summed E-state index contributed by atoms with van der Waals surface area (Å²) in [5.74, 6) is -0.139. The Labute approximate surface area is 163 Å². The third-order valence-electron chi connectivity index (χ3n) is 3.51. The number of rotatable bonds is 9. The van der Waals surface area contributed by atoms with Gasteiger partial charge in [-0.25, -0.2) is 13.1 Å². The maximum absolute atomic E-state index is 12.1. The number of sulfonamides is 1. The summed E-state index contributed by atoms with van der Waals surface area (Å²) < 4.78 is 36.8. The lowest BCUT2D eigenvalue weighted by atomic mass is 10.2. The van der Waals surface area contributed by atoms with Crippen molar-refractivity contribution in [3.8, 4) is 5.75 Å². The monoisotopic (exact) mass is 412 g/mol. The van der Waals surface area contributed by atoms with Crippen LogP contribution in [-0.2, 0) is 19.6 Å². The van der Waals surface area contributed by atoms with Crippen molar-refractivity contribution in [2.75, 3.05) is 32.2 Å². The van der Waals surface area contributed by atoms with Crippen LogP contribution in [0, 0.1) is 6.92 Å². The summed E-state index contributed by atoms with van der Waals surface area (Å²) in [6.07, 6.45) is 0. The Kier molecular flexibility index (Phi) is 7.61. The van der Waals surface area contributed by atoms with Crippen LogP contribution in [-0.4, -0.2) is 41.2 Å². The van der Waals surface area contributed by atoms with E-state index >= 15 is 0 Å². The Bertz CT molecular complexity index is 885. The van der Waals surface area contributed by atoms with Crippen molar-refractivity contribution in [2.45, 2.75) is 11.8 Å². The van der Waals surface area contributed by atoms with Crippen molar-refractivity contribution in [1.82, 2.24) is 4.72 Å². The Morgan fingerprint density at radius 1 is 1.15 bits per heavy atom. The van der Waals surface area contributed by atoms with Crippen LogP contribution < -0.4 is 14.8 Å². The normalized spacial score (nSPS) is 11.2. The predicted octanol–water partition coefficient (Wildman–Crippen LogP) is 2.59. The largest absolute Gasteiger partial charge is 0.482 e. The number of methoxy groups -OCH3 is 1. The Morgan fingerprint density at radius 2 is 1.85 bits per heavy atom. The summed E-state index contributed by atoms with van der Waals surface area (Å²) in [5, 5.41) is 2.79. The zero-order chi connectivity index (χ0) is 19.9. The van der Waals surface area contributed by atoms with Crippen molar-refractivity contribution in [1.29, 1.82) is 0 Å². The van der Waals surface area contributed by atoms with Gasteiger partial charge >= 0.3 is 0 Å². The molecule has 1 amide bonds. The molecule has 0 unspecified atom stereocenters. The maximum atomic E-state index is 12.1. The van der Waals surface area contributed by atoms with Gasteiger partial charge in [-0.3, -0.25) is 4.79 Å². The van der Waals surface area contributed by atoms with Gasteiger partial charge in [0.15, 0.2) is 6.61 Å². The Morgan fingerprint density at radius 3 is 2.48 bits per heavy atom. The molecule has 7 nitrogen and oxygen atoms in total. The standard InChI is InChI=1S/C18H21ClN2O5S/c1-13-3-5-14(6-4-13)21-18(22)12-26-17-8-7-15(11-16(17)19)27(23,24)20-9-10-25-2/h3-8,11,20H,9-10,12H2,1-2H3,(H,21,22). The molecule has 146 valence electrons. The Balaban J connectivity index is 1.95. The van der Waals surface area contributed by atoms with Gasteiger partial charge in [-0.2, -0.15) is 0 Å². The molecule has 0 fully saturated rings. The number of hydrogen-bond donors (Lipinski definition) is 2. The molecule has 0 spiro atoms. The average Bonchev–Trinajstić information content (AvgIpc) is 2.62. The fraction of sp³-hybridized carbons (Fsp3) is 0.278. The van der Waals surface area contributed by atoms with Gasteiger partial charge in [0.1, 0.15) is 5.75 Å². The number of amides is 1. The molecule has 0 radical (unpaired) electrons. The van der Waals surface area contributed by atoms with E-state index in [1.807, 2.05) is 19.1 Å². The van der Waals surface area contributed by atoms with Crippen molar-refractivity contribution in [3.63, 3.8) is 0 Å². The van der Waals surface area contributed by atoms with E-state index in [1.165, 1.54) is 25.3 Å². The number of hydrogen-bond acceptors (Lipinski definition) is 5. The second-order valence-electron chi connectivity index (χ2n) is 5.69. The van der Waals surface area contributed by atoms with Gasteiger partial charge < -0.3 is 14.8 Å². The summed E-state index contributed by atoms with van der Waals surface area (Å²) in [5.41, 5.74) is 1.74. The fourth-order valence-electron chi connectivity index (χ4n) is 2.10. The first kappa shape index (κ1) is 21.2. The highest BCUT2D eigenvalue weighted by Gasteiger charge is 2.16. The molecule has 2 N–H and O–H groups in total. The quantitative estimate of drug-likeness (QED) is 0.617. The van der Waals surface area contributed by atoms with Crippen LogP contribution in [0.25, 0.3) is 0 Å². The molecule has 2 rings (SSSR count). The van der Waals surface area contributed by atoms with Crippen molar-refractivity contribution >= 4 is 33.2 Å². The van der Waals surface area contributed by atoms with E-state index in [9.17, 15) is 13.2 Å². The lowest BCUT2D eigenvalue weighted by Gasteiger charge is -2.11. The Hall–Kier alpha value is -2.13. The highest BCUT2D eigenvalue weighted by Crippen LogP contribution is 2.27. The molecule has 0 aliphatic rings. The molecule has 0 aliphatic heterocycles. The smallest absolute Gasteiger partial charge is 0.262 e. The van der Waals surface area contributed by atoms with Gasteiger partial charge in [0, 0.05) is 19.3 Å². The lowest BCUT2D eigenvalue weighted by molar-refractivity contribution is -0.118. The molecule has 0 aliphatic carbocycles. The van der Waals surface area contributed by atoms with E-state index in [-0.39, 0.29) is 41.3 Å². The van der Waals surface area contributed by atoms with Gasteiger partial charge in [0.05, 0.1) is 16.5 Å². The molecule has 0 saturated heterocycles. The molecular formula is C18H21ClN2O5S. The highest BCUT2D eigenvalue weighted by atomic mass is 35.5. The highest BCUT2D eigenvalue weighted by molar-refractivity contribution is 7.89. The number of benzene rings is 2. The van der Waals surface area contributed by atoms with Crippen LogP contribution in [0.4, 0.5) is 5.69 Å². The van der Waals surface area contributed by atoms with E-state index in [1.54, 1.807) is 12.1 Å². The third kappa shape index (κ3) is 6.51. The van der Waals surface area contributed by atoms with Gasteiger partial charge in [0.2, 0.25) is 10.0 Å². The zero-order valence-corrected chi connectivity index (χ0v) is 16.6. The molecule has 0 heterocycles. The minimum Gasteiger partial charge on any atom is -0.482 e. The van der Waals surface area contributed by atoms with E-state index in [4.69, 9.17) is 21.1 Å². The van der Waals surface area contributed by atoms with Crippen LogP contribution in [0.5, 0.6) is 5.75 Å². The van der Waals surface area contributed by atoms with Crippen LogP contribution in [0.3, 0.4) is 0 Å². The number of carbonyl (C=O) groups is 1. The average molecular weight is 413 g/mol. The van der Waals surface area contributed by atoms with Crippen LogP contribution in [0.1, 0.15) is 5.56 Å². The number of aryl methyl sites for hydroxylation is 1. The number of carbonyl (C=O) groups excluding carboxylic acids is 1. The molecule has 0 bridgehead atoms.